The van der Waals surface area contributed by atoms with Crippen LogP contribution in [-0.4, -0.2) is 27.2 Å². The Kier molecular flexibility index (Phi) is 2.39. The molecule has 1 aromatic heterocycles. The van der Waals surface area contributed by atoms with Crippen molar-refractivity contribution in [1.29, 1.82) is 0 Å². The Morgan fingerprint density at radius 2 is 2.57 bits per heavy atom. The monoisotopic (exact) mass is 217 g/mol. The fraction of sp³-hybridized carbons (Fsp3) is 0.571. The molecule has 1 fully saturated rings. The lowest BCUT2D eigenvalue weighted by molar-refractivity contribution is -0.389. The Morgan fingerprint density at radius 1 is 1.86 bits per heavy atom. The lowest BCUT2D eigenvalue weighted by atomic mass is 10.3. The number of epoxide rings is 1. The Labute approximate surface area is 84.6 Å². The van der Waals surface area contributed by atoms with Gasteiger partial charge in [0.25, 0.3) is 0 Å². The average molecular weight is 218 g/mol. The van der Waals surface area contributed by atoms with Gasteiger partial charge in [0.2, 0.25) is 0 Å². The van der Waals surface area contributed by atoms with Gasteiger partial charge in [-0.2, -0.15) is 0 Å². The van der Waals surface area contributed by atoms with E-state index in [0.717, 1.165) is 13.0 Å². The van der Waals surface area contributed by atoms with Gasteiger partial charge in [-0.25, -0.2) is 0 Å². The second-order valence-corrected chi connectivity index (χ2v) is 3.40. The molecule has 0 saturated carbocycles. The third-order valence-corrected chi connectivity index (χ3v) is 2.30. The van der Waals surface area contributed by atoms with Crippen molar-refractivity contribution >= 4 is 17.4 Å². The summed E-state index contributed by atoms with van der Waals surface area (Å²) in [5.74, 6) is -0.216. The van der Waals surface area contributed by atoms with Crippen LogP contribution in [0.25, 0.3) is 0 Å². The van der Waals surface area contributed by atoms with Crippen LogP contribution in [0.2, 0.25) is 5.28 Å². The van der Waals surface area contributed by atoms with Crippen molar-refractivity contribution < 1.29 is 9.66 Å². The zero-order valence-electron chi connectivity index (χ0n) is 7.22. The summed E-state index contributed by atoms with van der Waals surface area (Å²) in [5.41, 5.74) is 0. The summed E-state index contributed by atoms with van der Waals surface area (Å²) in [4.78, 5) is 13.4. The van der Waals surface area contributed by atoms with Gasteiger partial charge in [-0.3, -0.25) is 4.57 Å². The topological polar surface area (TPSA) is 73.5 Å². The van der Waals surface area contributed by atoms with Crippen LogP contribution in [0.5, 0.6) is 0 Å². The van der Waals surface area contributed by atoms with Crippen LogP contribution >= 0.6 is 11.6 Å². The van der Waals surface area contributed by atoms with E-state index >= 15 is 0 Å². The van der Waals surface area contributed by atoms with E-state index in [0.29, 0.717) is 6.54 Å². The van der Waals surface area contributed by atoms with Crippen molar-refractivity contribution in [3.8, 4) is 0 Å². The maximum Gasteiger partial charge on any atom is 0.383 e. The minimum absolute atomic E-state index is 0.150. The molecule has 0 spiro atoms. The number of aryl methyl sites for hydroxylation is 1. The number of nitro groups is 1. The van der Waals surface area contributed by atoms with Crippen LogP contribution < -0.4 is 0 Å². The molecule has 0 unspecified atom stereocenters. The van der Waals surface area contributed by atoms with E-state index < -0.39 is 4.92 Å². The smallest absolute Gasteiger partial charge is 0.373 e. The summed E-state index contributed by atoms with van der Waals surface area (Å²) in [6.45, 7) is 1.37. The third kappa shape index (κ3) is 2.02. The number of nitrogens with zero attached hydrogens (tertiary/aromatic N) is 3. The Balaban J connectivity index is 2.03. The molecular weight excluding hydrogens is 210 g/mol. The van der Waals surface area contributed by atoms with Crippen molar-refractivity contribution in [1.82, 2.24) is 9.55 Å². The summed E-state index contributed by atoms with van der Waals surface area (Å²) in [6.07, 6.45) is 2.44. The van der Waals surface area contributed by atoms with Gasteiger partial charge in [-0.1, -0.05) is 0 Å². The lowest BCUT2D eigenvalue weighted by Gasteiger charge is -1.96. The molecule has 0 radical (unpaired) electrons. The first-order valence-electron chi connectivity index (χ1n) is 4.15. The predicted octanol–water partition coefficient (Wildman–Crippen LogP) is 1.23. The van der Waals surface area contributed by atoms with Crippen molar-refractivity contribution in [3.05, 3.63) is 21.6 Å². The van der Waals surface area contributed by atoms with Gasteiger partial charge in [0.1, 0.15) is 6.20 Å². The summed E-state index contributed by atoms with van der Waals surface area (Å²) in [7, 11) is 0. The number of rotatable bonds is 4. The van der Waals surface area contributed by atoms with E-state index in [9.17, 15) is 10.1 Å². The first-order chi connectivity index (χ1) is 6.66. The van der Waals surface area contributed by atoms with Crippen LogP contribution in [0, 0.1) is 10.1 Å². The summed E-state index contributed by atoms with van der Waals surface area (Å²) in [5, 5.41) is 10.5. The average Bonchev–Trinajstić information content (AvgIpc) is 2.87. The molecule has 14 heavy (non-hydrogen) atoms. The number of aromatic nitrogens is 2. The first kappa shape index (κ1) is 9.42. The molecule has 0 amide bonds. The van der Waals surface area contributed by atoms with Gasteiger partial charge in [-0.15, -0.1) is 0 Å². The molecule has 0 aliphatic carbocycles. The molecule has 2 heterocycles. The zero-order chi connectivity index (χ0) is 10.1. The molecule has 1 aliphatic heterocycles. The van der Waals surface area contributed by atoms with Crippen LogP contribution in [0.15, 0.2) is 6.20 Å². The number of hydrogen-bond acceptors (Lipinski definition) is 4. The van der Waals surface area contributed by atoms with Gasteiger partial charge in [0.15, 0.2) is 0 Å². The summed E-state index contributed by atoms with van der Waals surface area (Å²) < 4.78 is 6.57. The molecule has 7 heteroatoms. The molecule has 2 rings (SSSR count). The van der Waals surface area contributed by atoms with Crippen LogP contribution in [0.3, 0.4) is 0 Å². The standard InChI is InChI=1S/C7H8ClN3O3/c8-7-9-6(11(12)13)3-10(7)2-1-5-4-14-5/h3,5H,1-2,4H2/t5-/m1/s1. The molecule has 76 valence electrons. The third-order valence-electron chi connectivity index (χ3n) is 2.00. The normalized spacial score (nSPS) is 19.6. The fourth-order valence-electron chi connectivity index (χ4n) is 1.14. The second-order valence-electron chi connectivity index (χ2n) is 3.06. The minimum Gasteiger partial charge on any atom is -0.373 e. The maximum atomic E-state index is 10.4. The molecule has 0 aromatic carbocycles. The van der Waals surface area contributed by atoms with Gasteiger partial charge in [-0.05, 0) is 27.9 Å². The quantitative estimate of drug-likeness (QED) is 0.432. The number of imidazole rings is 1. The number of hydrogen-bond donors (Lipinski definition) is 0. The predicted molar refractivity (Wildman–Crippen MR) is 48.2 cm³/mol. The van der Waals surface area contributed by atoms with Gasteiger partial charge >= 0.3 is 11.1 Å². The molecule has 1 aromatic rings. The Bertz CT molecular complexity index is 361. The van der Waals surface area contributed by atoms with Crippen molar-refractivity contribution in [2.75, 3.05) is 6.61 Å². The van der Waals surface area contributed by atoms with Gasteiger partial charge in [0.05, 0.1) is 12.7 Å². The van der Waals surface area contributed by atoms with E-state index in [1.165, 1.54) is 6.20 Å². The fourth-order valence-corrected chi connectivity index (χ4v) is 1.36. The largest absolute Gasteiger partial charge is 0.383 e. The second kappa shape index (κ2) is 3.55. The van der Waals surface area contributed by atoms with E-state index in [4.69, 9.17) is 16.3 Å². The Hall–Kier alpha value is -1.14. The van der Waals surface area contributed by atoms with E-state index in [2.05, 4.69) is 4.98 Å². The number of halogens is 1. The highest BCUT2D eigenvalue weighted by molar-refractivity contribution is 6.28. The van der Waals surface area contributed by atoms with Crippen molar-refractivity contribution in [2.45, 2.75) is 19.1 Å². The highest BCUT2D eigenvalue weighted by Crippen LogP contribution is 2.19. The SMILES string of the molecule is O=[N+]([O-])c1cn(CC[C@@H]2CO2)c(Cl)n1. The molecule has 0 bridgehead atoms. The van der Waals surface area contributed by atoms with E-state index in [-0.39, 0.29) is 17.2 Å². The van der Waals surface area contributed by atoms with Crippen molar-refractivity contribution in [3.63, 3.8) is 0 Å². The van der Waals surface area contributed by atoms with E-state index in [1.807, 2.05) is 0 Å². The first-order valence-corrected chi connectivity index (χ1v) is 4.53. The molecule has 0 N–H and O–H groups in total. The van der Waals surface area contributed by atoms with Gasteiger partial charge in [0, 0.05) is 6.54 Å². The van der Waals surface area contributed by atoms with Crippen LogP contribution in [0.1, 0.15) is 6.42 Å². The highest BCUT2D eigenvalue weighted by atomic mass is 35.5. The van der Waals surface area contributed by atoms with Gasteiger partial charge < -0.3 is 14.9 Å². The van der Waals surface area contributed by atoms with Crippen molar-refractivity contribution in [2.24, 2.45) is 0 Å². The molecular formula is C7H8ClN3O3. The lowest BCUT2D eigenvalue weighted by Crippen LogP contribution is -1.99. The Morgan fingerprint density at radius 3 is 3.07 bits per heavy atom. The molecule has 1 saturated heterocycles. The van der Waals surface area contributed by atoms with E-state index in [1.54, 1.807) is 4.57 Å². The molecule has 1 atom stereocenters. The highest BCUT2D eigenvalue weighted by Gasteiger charge is 2.23. The molecule has 1 aliphatic rings. The molecule has 6 nitrogen and oxygen atoms in total. The zero-order valence-corrected chi connectivity index (χ0v) is 7.98. The number of ether oxygens (including phenoxy) is 1. The maximum absolute atomic E-state index is 10.4. The van der Waals surface area contributed by atoms with Crippen LogP contribution in [0.4, 0.5) is 5.82 Å². The summed E-state index contributed by atoms with van der Waals surface area (Å²) in [6, 6.07) is 0. The minimum atomic E-state index is -0.560. The van der Waals surface area contributed by atoms with Crippen LogP contribution in [-0.2, 0) is 11.3 Å². The summed E-state index contributed by atoms with van der Waals surface area (Å²) >= 11 is 5.70.